The quantitative estimate of drug-likeness (QED) is 0.613. The van der Waals surface area contributed by atoms with Gasteiger partial charge in [0.15, 0.2) is 0 Å². The Bertz CT molecular complexity index is 611. The molecule has 2 aromatic rings. The summed E-state index contributed by atoms with van der Waals surface area (Å²) in [5, 5.41) is 2.09. The van der Waals surface area contributed by atoms with Gasteiger partial charge in [-0.2, -0.15) is 0 Å². The molecule has 0 aromatic heterocycles. The van der Waals surface area contributed by atoms with E-state index >= 15 is 0 Å². The SMILES string of the molecule is NC(c1c(Cl)cc(Cl)cc1Cl)C(N)c1c(Cl)cc(Cl)cc1Cl. The molecule has 0 heterocycles. The highest BCUT2D eigenvalue weighted by molar-refractivity contribution is 6.40. The van der Waals surface area contributed by atoms with Gasteiger partial charge in [-0.25, -0.2) is 0 Å². The first kappa shape index (κ1) is 18.4. The van der Waals surface area contributed by atoms with Gasteiger partial charge in [-0.05, 0) is 24.3 Å². The van der Waals surface area contributed by atoms with Gasteiger partial charge in [0.05, 0.1) is 12.1 Å². The van der Waals surface area contributed by atoms with Gasteiger partial charge in [0, 0.05) is 41.3 Å². The number of nitrogens with two attached hydrogens (primary N) is 2. The van der Waals surface area contributed by atoms with Crippen molar-refractivity contribution in [3.05, 3.63) is 65.5 Å². The summed E-state index contributed by atoms with van der Waals surface area (Å²) in [4.78, 5) is 0. The number of hydrogen-bond acceptors (Lipinski definition) is 2. The fourth-order valence-electron chi connectivity index (χ4n) is 2.10. The lowest BCUT2D eigenvalue weighted by molar-refractivity contribution is 0.575. The van der Waals surface area contributed by atoms with Crippen LogP contribution >= 0.6 is 69.6 Å². The molecule has 8 heteroatoms. The second kappa shape index (κ2) is 7.33. The van der Waals surface area contributed by atoms with Gasteiger partial charge in [-0.1, -0.05) is 69.6 Å². The number of halogens is 6. The number of benzene rings is 2. The van der Waals surface area contributed by atoms with E-state index in [0.717, 1.165) is 0 Å². The molecule has 0 aliphatic carbocycles. The van der Waals surface area contributed by atoms with Crippen LogP contribution in [0.2, 0.25) is 30.1 Å². The zero-order valence-electron chi connectivity index (χ0n) is 10.9. The maximum Gasteiger partial charge on any atom is 0.0522 e. The van der Waals surface area contributed by atoms with Gasteiger partial charge in [0.25, 0.3) is 0 Å². The third kappa shape index (κ3) is 3.77. The third-order valence-corrected chi connectivity index (χ3v) is 4.83. The molecule has 2 aromatic carbocycles. The van der Waals surface area contributed by atoms with E-state index in [1.807, 2.05) is 0 Å². The van der Waals surface area contributed by atoms with Gasteiger partial charge >= 0.3 is 0 Å². The predicted molar refractivity (Wildman–Crippen MR) is 96.8 cm³/mol. The molecule has 2 atom stereocenters. The molecule has 0 bridgehead atoms. The summed E-state index contributed by atoms with van der Waals surface area (Å²) < 4.78 is 0. The lowest BCUT2D eigenvalue weighted by atomic mass is 9.94. The molecule has 0 aliphatic heterocycles. The van der Waals surface area contributed by atoms with Crippen molar-refractivity contribution >= 4 is 69.6 Å². The first-order chi connectivity index (χ1) is 10.2. The smallest absolute Gasteiger partial charge is 0.0522 e. The fourth-order valence-corrected chi connectivity index (χ4v) is 4.24. The number of rotatable bonds is 3. The Kier molecular flexibility index (Phi) is 6.14. The van der Waals surface area contributed by atoms with Crippen molar-refractivity contribution in [3.63, 3.8) is 0 Å². The van der Waals surface area contributed by atoms with E-state index in [4.69, 9.17) is 81.1 Å². The Balaban J connectivity index is 2.49. The lowest BCUT2D eigenvalue weighted by Gasteiger charge is -2.24. The first-order valence-electron chi connectivity index (χ1n) is 6.02. The molecule has 0 amide bonds. The van der Waals surface area contributed by atoms with E-state index in [2.05, 4.69) is 0 Å². The van der Waals surface area contributed by atoms with E-state index in [9.17, 15) is 0 Å². The highest BCUT2D eigenvalue weighted by atomic mass is 35.5. The van der Waals surface area contributed by atoms with Crippen LogP contribution in [0.3, 0.4) is 0 Å². The minimum Gasteiger partial charge on any atom is -0.322 e. The van der Waals surface area contributed by atoms with Gasteiger partial charge in [-0.3, -0.25) is 0 Å². The van der Waals surface area contributed by atoms with Crippen molar-refractivity contribution in [2.75, 3.05) is 0 Å². The Morgan fingerprint density at radius 2 is 0.773 bits per heavy atom. The molecule has 2 nitrogen and oxygen atoms in total. The molecule has 22 heavy (non-hydrogen) atoms. The second-order valence-corrected chi connectivity index (χ2v) is 7.12. The minimum atomic E-state index is -0.728. The van der Waals surface area contributed by atoms with Gasteiger partial charge in [0.2, 0.25) is 0 Å². The van der Waals surface area contributed by atoms with E-state index in [0.29, 0.717) is 41.3 Å². The molecular weight excluding hydrogens is 409 g/mol. The van der Waals surface area contributed by atoms with Crippen LogP contribution < -0.4 is 11.5 Å². The average molecular weight is 419 g/mol. The molecule has 2 rings (SSSR count). The largest absolute Gasteiger partial charge is 0.322 e. The molecule has 0 saturated carbocycles. The summed E-state index contributed by atoms with van der Waals surface area (Å²) in [6.45, 7) is 0. The molecule has 0 spiro atoms. The normalized spacial score (nSPS) is 14.0. The topological polar surface area (TPSA) is 52.0 Å². The van der Waals surface area contributed by atoms with Gasteiger partial charge in [-0.15, -0.1) is 0 Å². The van der Waals surface area contributed by atoms with Crippen LogP contribution in [0.1, 0.15) is 23.2 Å². The molecule has 0 saturated heterocycles. The number of hydrogen-bond donors (Lipinski definition) is 2. The van der Waals surface area contributed by atoms with E-state index in [1.54, 1.807) is 24.3 Å². The highest BCUT2D eigenvalue weighted by Gasteiger charge is 2.26. The molecule has 118 valence electrons. The van der Waals surface area contributed by atoms with Crippen molar-refractivity contribution < 1.29 is 0 Å². The average Bonchev–Trinajstić information content (AvgIpc) is 2.35. The van der Waals surface area contributed by atoms with Crippen molar-refractivity contribution in [3.8, 4) is 0 Å². The summed E-state index contributed by atoms with van der Waals surface area (Å²) in [5.41, 5.74) is 13.4. The Hall–Kier alpha value is 0.1000. The molecule has 0 aliphatic rings. The van der Waals surface area contributed by atoms with E-state index < -0.39 is 12.1 Å². The second-order valence-electron chi connectivity index (χ2n) is 4.62. The third-order valence-electron chi connectivity index (χ3n) is 3.14. The fraction of sp³-hybridized carbons (Fsp3) is 0.143. The monoisotopic (exact) mass is 416 g/mol. The lowest BCUT2D eigenvalue weighted by Crippen LogP contribution is -2.27. The summed E-state index contributed by atoms with van der Waals surface area (Å²) in [6, 6.07) is 4.72. The van der Waals surface area contributed by atoms with Crippen molar-refractivity contribution in [1.29, 1.82) is 0 Å². The van der Waals surface area contributed by atoms with Crippen LogP contribution in [0.5, 0.6) is 0 Å². The summed E-state index contributed by atoms with van der Waals surface area (Å²) in [5.74, 6) is 0. The van der Waals surface area contributed by atoms with Crippen molar-refractivity contribution in [2.45, 2.75) is 12.1 Å². The zero-order valence-corrected chi connectivity index (χ0v) is 15.4. The Morgan fingerprint density at radius 3 is 1.00 bits per heavy atom. The van der Waals surface area contributed by atoms with Crippen LogP contribution in [0.25, 0.3) is 0 Å². The predicted octanol–water partition coefficient (Wildman–Crippen LogP) is 6.31. The van der Waals surface area contributed by atoms with E-state index in [-0.39, 0.29) is 0 Å². The molecule has 4 N–H and O–H groups in total. The molecular formula is C14H10Cl6N2. The molecule has 0 fully saturated rings. The van der Waals surface area contributed by atoms with Crippen LogP contribution in [-0.4, -0.2) is 0 Å². The van der Waals surface area contributed by atoms with E-state index in [1.165, 1.54) is 0 Å². The van der Waals surface area contributed by atoms with Crippen molar-refractivity contribution in [2.24, 2.45) is 11.5 Å². The minimum absolute atomic E-state index is 0.321. The Morgan fingerprint density at radius 1 is 0.545 bits per heavy atom. The van der Waals surface area contributed by atoms with Crippen LogP contribution in [-0.2, 0) is 0 Å². The van der Waals surface area contributed by atoms with Crippen molar-refractivity contribution in [1.82, 2.24) is 0 Å². The highest BCUT2D eigenvalue weighted by Crippen LogP contribution is 2.41. The van der Waals surface area contributed by atoms with Crippen LogP contribution in [0.15, 0.2) is 24.3 Å². The summed E-state index contributed by atoms with van der Waals surface area (Å²) >= 11 is 36.5. The summed E-state index contributed by atoms with van der Waals surface area (Å²) in [7, 11) is 0. The van der Waals surface area contributed by atoms with Crippen LogP contribution in [0, 0.1) is 0 Å². The standard InChI is InChI=1S/C14H10Cl6N2/c15-5-1-7(17)11(8(18)2-5)13(21)14(22)12-9(19)3-6(16)4-10(12)20/h1-4,13-14H,21-22H2. The maximum atomic E-state index is 6.21. The molecule has 0 radical (unpaired) electrons. The van der Waals surface area contributed by atoms with Crippen LogP contribution in [0.4, 0.5) is 0 Å². The summed E-state index contributed by atoms with van der Waals surface area (Å²) in [6.07, 6.45) is 0. The molecule has 2 unspecified atom stereocenters. The first-order valence-corrected chi connectivity index (χ1v) is 8.29. The Labute approximate surface area is 158 Å². The van der Waals surface area contributed by atoms with Gasteiger partial charge in [0.1, 0.15) is 0 Å². The zero-order chi connectivity index (χ0) is 16.6. The van der Waals surface area contributed by atoms with Gasteiger partial charge < -0.3 is 11.5 Å². The maximum absolute atomic E-state index is 6.21.